The minimum absolute atomic E-state index is 0.582. The minimum Gasteiger partial charge on any atom is -0.339 e. The van der Waals surface area contributed by atoms with E-state index >= 15 is 0 Å². The number of aromatic nitrogens is 1. The number of benzene rings is 1. The molecule has 0 saturated heterocycles. The third kappa shape index (κ3) is 3.21. The van der Waals surface area contributed by atoms with Crippen LogP contribution in [0.1, 0.15) is 5.56 Å². The Labute approximate surface area is 122 Å². The van der Waals surface area contributed by atoms with Gasteiger partial charge in [0.25, 0.3) is 0 Å². The van der Waals surface area contributed by atoms with Gasteiger partial charge in [-0.1, -0.05) is 33.6 Å². The smallest absolute Gasteiger partial charge is 0.149 e. The van der Waals surface area contributed by atoms with Crippen molar-refractivity contribution in [3.63, 3.8) is 0 Å². The van der Waals surface area contributed by atoms with Gasteiger partial charge >= 0.3 is 0 Å². The Morgan fingerprint density at radius 3 is 2.65 bits per heavy atom. The Balaban J connectivity index is 2.34. The molecule has 2 nitrogen and oxygen atoms in total. The molecule has 0 aliphatic carbocycles. The summed E-state index contributed by atoms with van der Waals surface area (Å²) in [7, 11) is 0. The van der Waals surface area contributed by atoms with Crippen LogP contribution in [0.4, 0.5) is 11.5 Å². The van der Waals surface area contributed by atoms with Crippen LogP contribution in [0.15, 0.2) is 39.4 Å². The van der Waals surface area contributed by atoms with Crippen molar-refractivity contribution in [1.82, 2.24) is 4.98 Å². The number of halogens is 3. The van der Waals surface area contributed by atoms with Gasteiger partial charge in [0, 0.05) is 20.8 Å². The molecular weight excluding hydrogens is 367 g/mol. The van der Waals surface area contributed by atoms with Crippen molar-refractivity contribution in [2.24, 2.45) is 0 Å². The highest BCUT2D eigenvalue weighted by atomic mass is 79.9. The molecule has 0 fully saturated rings. The fourth-order valence-corrected chi connectivity index (χ4v) is 2.40. The van der Waals surface area contributed by atoms with Gasteiger partial charge in [-0.05, 0) is 46.6 Å². The molecule has 0 aliphatic heterocycles. The van der Waals surface area contributed by atoms with Gasteiger partial charge in [0.1, 0.15) is 5.82 Å². The van der Waals surface area contributed by atoms with Gasteiger partial charge in [0.2, 0.25) is 0 Å². The number of nitrogens with zero attached hydrogens (tertiary/aromatic N) is 1. The van der Waals surface area contributed by atoms with E-state index in [4.69, 9.17) is 11.6 Å². The van der Waals surface area contributed by atoms with Crippen molar-refractivity contribution in [2.45, 2.75) is 6.92 Å². The Hall–Kier alpha value is -0.580. The molecule has 0 amide bonds. The zero-order chi connectivity index (χ0) is 12.4. The molecule has 0 spiro atoms. The van der Waals surface area contributed by atoms with Gasteiger partial charge in [-0.2, -0.15) is 0 Å². The van der Waals surface area contributed by atoms with E-state index in [1.54, 1.807) is 6.20 Å². The van der Waals surface area contributed by atoms with Crippen LogP contribution in [-0.4, -0.2) is 4.98 Å². The molecule has 2 aromatic rings. The van der Waals surface area contributed by atoms with Crippen molar-refractivity contribution in [1.29, 1.82) is 0 Å². The second kappa shape index (κ2) is 5.38. The lowest BCUT2D eigenvalue weighted by molar-refractivity contribution is 1.28. The number of aryl methyl sites for hydroxylation is 1. The maximum absolute atomic E-state index is 6.10. The van der Waals surface area contributed by atoms with Gasteiger partial charge in [0.05, 0.1) is 5.02 Å². The average Bonchev–Trinajstić information content (AvgIpc) is 2.27. The highest BCUT2D eigenvalue weighted by Gasteiger charge is 2.05. The zero-order valence-corrected chi connectivity index (χ0v) is 12.9. The second-order valence-corrected chi connectivity index (χ2v) is 5.81. The fraction of sp³-hybridized carbons (Fsp3) is 0.0833. The number of anilines is 2. The first-order chi connectivity index (χ1) is 8.06. The maximum atomic E-state index is 6.10. The Morgan fingerprint density at radius 1 is 1.18 bits per heavy atom. The quantitative estimate of drug-likeness (QED) is 0.768. The lowest BCUT2D eigenvalue weighted by atomic mass is 10.2. The van der Waals surface area contributed by atoms with Crippen LogP contribution in [0.2, 0.25) is 5.02 Å². The van der Waals surface area contributed by atoms with Crippen molar-refractivity contribution in [3.8, 4) is 0 Å². The standard InChI is InChI=1S/C12H9Br2ClN2/c1-7-2-3-8(13)5-11(7)17-12-10(15)4-9(14)6-16-12/h2-6H,1H3,(H,16,17). The molecule has 0 unspecified atom stereocenters. The number of hydrogen-bond donors (Lipinski definition) is 1. The number of hydrogen-bond acceptors (Lipinski definition) is 2. The van der Waals surface area contributed by atoms with E-state index in [9.17, 15) is 0 Å². The molecule has 1 heterocycles. The largest absolute Gasteiger partial charge is 0.339 e. The molecule has 88 valence electrons. The van der Waals surface area contributed by atoms with Gasteiger partial charge in [-0.25, -0.2) is 4.98 Å². The van der Waals surface area contributed by atoms with Gasteiger partial charge < -0.3 is 5.32 Å². The highest BCUT2D eigenvalue weighted by molar-refractivity contribution is 9.10. The van der Waals surface area contributed by atoms with E-state index < -0.39 is 0 Å². The normalized spacial score (nSPS) is 10.4. The average molecular weight is 376 g/mol. The molecule has 0 radical (unpaired) electrons. The minimum atomic E-state index is 0.582. The first-order valence-corrected chi connectivity index (χ1v) is 6.87. The number of rotatable bonds is 2. The summed E-state index contributed by atoms with van der Waals surface area (Å²) in [6.45, 7) is 2.03. The highest BCUT2D eigenvalue weighted by Crippen LogP contribution is 2.28. The van der Waals surface area contributed by atoms with Gasteiger partial charge in [0.15, 0.2) is 0 Å². The van der Waals surface area contributed by atoms with E-state index in [1.165, 1.54) is 0 Å². The summed E-state index contributed by atoms with van der Waals surface area (Å²) in [6.07, 6.45) is 1.71. The summed E-state index contributed by atoms with van der Waals surface area (Å²) in [5.41, 5.74) is 2.12. The third-order valence-corrected chi connectivity index (χ3v) is 3.48. The molecule has 0 bridgehead atoms. The molecule has 0 aliphatic rings. The molecule has 0 saturated carbocycles. The van der Waals surface area contributed by atoms with Gasteiger partial charge in [-0.15, -0.1) is 0 Å². The molecule has 5 heteroatoms. The fourth-order valence-electron chi connectivity index (χ4n) is 1.36. The lowest BCUT2D eigenvalue weighted by Crippen LogP contribution is -1.96. The summed E-state index contributed by atoms with van der Waals surface area (Å²) in [5.74, 6) is 0.649. The summed E-state index contributed by atoms with van der Waals surface area (Å²) in [4.78, 5) is 4.24. The van der Waals surface area contributed by atoms with E-state index in [0.717, 1.165) is 20.2 Å². The SMILES string of the molecule is Cc1ccc(Br)cc1Nc1ncc(Br)cc1Cl. The molecule has 2 rings (SSSR count). The summed E-state index contributed by atoms with van der Waals surface area (Å²) in [6, 6.07) is 7.83. The second-order valence-electron chi connectivity index (χ2n) is 3.57. The van der Waals surface area contributed by atoms with E-state index in [1.807, 2.05) is 31.2 Å². The summed E-state index contributed by atoms with van der Waals surface area (Å²) in [5, 5.41) is 3.80. The Morgan fingerprint density at radius 2 is 1.94 bits per heavy atom. The lowest BCUT2D eigenvalue weighted by Gasteiger charge is -2.10. The zero-order valence-electron chi connectivity index (χ0n) is 8.97. The first-order valence-electron chi connectivity index (χ1n) is 4.90. The van der Waals surface area contributed by atoms with Crippen LogP contribution >= 0.6 is 43.5 Å². The van der Waals surface area contributed by atoms with E-state index in [2.05, 4.69) is 42.2 Å². The number of pyridine rings is 1. The summed E-state index contributed by atoms with van der Waals surface area (Å²) < 4.78 is 1.87. The summed E-state index contributed by atoms with van der Waals surface area (Å²) >= 11 is 12.9. The number of nitrogens with one attached hydrogen (secondary N) is 1. The maximum Gasteiger partial charge on any atom is 0.149 e. The van der Waals surface area contributed by atoms with Crippen LogP contribution in [-0.2, 0) is 0 Å². The third-order valence-electron chi connectivity index (χ3n) is 2.26. The van der Waals surface area contributed by atoms with E-state index in [0.29, 0.717) is 10.8 Å². The monoisotopic (exact) mass is 374 g/mol. The van der Waals surface area contributed by atoms with Crippen molar-refractivity contribution >= 4 is 55.0 Å². The molecule has 17 heavy (non-hydrogen) atoms. The molecule has 1 aromatic heterocycles. The van der Waals surface area contributed by atoms with Crippen molar-refractivity contribution in [3.05, 3.63) is 50.0 Å². The molecule has 0 atom stereocenters. The Kier molecular flexibility index (Phi) is 4.07. The van der Waals surface area contributed by atoms with Crippen LogP contribution in [0.5, 0.6) is 0 Å². The first kappa shape index (κ1) is 12.9. The Bertz CT molecular complexity index is 558. The van der Waals surface area contributed by atoms with Crippen molar-refractivity contribution < 1.29 is 0 Å². The topological polar surface area (TPSA) is 24.9 Å². The molecule has 1 aromatic carbocycles. The van der Waals surface area contributed by atoms with Crippen LogP contribution < -0.4 is 5.32 Å². The van der Waals surface area contributed by atoms with Gasteiger partial charge in [-0.3, -0.25) is 0 Å². The van der Waals surface area contributed by atoms with Crippen LogP contribution in [0.25, 0.3) is 0 Å². The molecular formula is C12H9Br2ClN2. The van der Waals surface area contributed by atoms with E-state index in [-0.39, 0.29) is 0 Å². The molecule has 1 N–H and O–H groups in total. The van der Waals surface area contributed by atoms with Crippen molar-refractivity contribution in [2.75, 3.05) is 5.32 Å². The predicted molar refractivity (Wildman–Crippen MR) is 79.1 cm³/mol. The predicted octanol–water partition coefficient (Wildman–Crippen LogP) is 5.31. The van der Waals surface area contributed by atoms with Crippen LogP contribution in [0.3, 0.4) is 0 Å². The van der Waals surface area contributed by atoms with Crippen LogP contribution in [0, 0.1) is 6.92 Å².